The van der Waals surface area contributed by atoms with Crippen LogP contribution in [0.25, 0.3) is 0 Å². The van der Waals surface area contributed by atoms with Gasteiger partial charge in [-0.1, -0.05) is 0 Å². The van der Waals surface area contributed by atoms with Gasteiger partial charge in [-0.15, -0.1) is 24.0 Å². The summed E-state index contributed by atoms with van der Waals surface area (Å²) < 4.78 is 24.2. The van der Waals surface area contributed by atoms with Gasteiger partial charge >= 0.3 is 0 Å². The molecular formula is C22H31FIN5O2. The Hall–Kier alpha value is -2.14. The lowest BCUT2D eigenvalue weighted by atomic mass is 10.2. The summed E-state index contributed by atoms with van der Waals surface area (Å²) in [5.74, 6) is 2.12. The molecule has 2 heterocycles. The first-order valence-corrected chi connectivity index (χ1v) is 10.2. The van der Waals surface area contributed by atoms with E-state index in [1.54, 1.807) is 19.2 Å². The van der Waals surface area contributed by atoms with Gasteiger partial charge in [-0.3, -0.25) is 4.99 Å². The maximum atomic E-state index is 13.0. The second-order valence-electron chi connectivity index (χ2n) is 7.27. The molecule has 0 bridgehead atoms. The molecule has 31 heavy (non-hydrogen) atoms. The summed E-state index contributed by atoms with van der Waals surface area (Å²) in [5, 5.41) is 3.38. The van der Waals surface area contributed by atoms with Gasteiger partial charge in [0, 0.05) is 39.9 Å². The van der Waals surface area contributed by atoms with Gasteiger partial charge in [0.2, 0.25) is 0 Å². The highest BCUT2D eigenvalue weighted by Gasteiger charge is 2.18. The fraction of sp³-hybridized carbons (Fsp3) is 0.455. The van der Waals surface area contributed by atoms with Crippen LogP contribution in [0.15, 0.2) is 47.6 Å². The normalized spacial score (nSPS) is 16.5. The molecule has 1 unspecified atom stereocenters. The van der Waals surface area contributed by atoms with Gasteiger partial charge in [0.05, 0.1) is 19.3 Å². The van der Waals surface area contributed by atoms with E-state index in [0.717, 1.165) is 37.0 Å². The molecule has 1 aliphatic heterocycles. The summed E-state index contributed by atoms with van der Waals surface area (Å²) in [4.78, 5) is 13.1. The lowest BCUT2D eigenvalue weighted by Crippen LogP contribution is -2.42. The number of aromatic nitrogens is 1. The first-order valence-electron chi connectivity index (χ1n) is 10.2. The SMILES string of the molecule is CN=C(NCc1ccnc(N2CCOC(C)C2)c1)N(C)CCOc1ccc(F)cc1.I. The number of benzene rings is 1. The first-order chi connectivity index (χ1) is 14.5. The van der Waals surface area contributed by atoms with Gasteiger partial charge in [-0.2, -0.15) is 0 Å². The van der Waals surface area contributed by atoms with Crippen molar-refractivity contribution >= 4 is 35.8 Å². The fourth-order valence-electron chi connectivity index (χ4n) is 3.27. The van der Waals surface area contributed by atoms with Crippen LogP contribution in [-0.2, 0) is 11.3 Å². The van der Waals surface area contributed by atoms with Crippen LogP contribution < -0.4 is 15.0 Å². The maximum absolute atomic E-state index is 13.0. The van der Waals surface area contributed by atoms with Crippen LogP contribution in [0, 0.1) is 5.82 Å². The minimum atomic E-state index is -0.272. The second-order valence-corrected chi connectivity index (χ2v) is 7.27. The van der Waals surface area contributed by atoms with Gasteiger partial charge in [0.25, 0.3) is 0 Å². The summed E-state index contributed by atoms with van der Waals surface area (Å²) in [6, 6.07) is 10.1. The van der Waals surface area contributed by atoms with Crippen LogP contribution in [0.4, 0.5) is 10.2 Å². The van der Waals surface area contributed by atoms with E-state index in [4.69, 9.17) is 9.47 Å². The Balaban J connectivity index is 0.00000341. The van der Waals surface area contributed by atoms with Crippen LogP contribution in [0.5, 0.6) is 5.75 Å². The lowest BCUT2D eigenvalue weighted by molar-refractivity contribution is 0.0529. The van der Waals surface area contributed by atoms with E-state index in [1.807, 2.05) is 24.2 Å². The Morgan fingerprint density at radius 3 is 2.84 bits per heavy atom. The van der Waals surface area contributed by atoms with E-state index in [9.17, 15) is 4.39 Å². The third-order valence-electron chi connectivity index (χ3n) is 4.91. The Labute approximate surface area is 200 Å². The van der Waals surface area contributed by atoms with Gasteiger partial charge < -0.3 is 24.6 Å². The predicted octanol–water partition coefficient (Wildman–Crippen LogP) is 3.15. The highest BCUT2D eigenvalue weighted by atomic mass is 127. The summed E-state index contributed by atoms with van der Waals surface area (Å²) in [5.41, 5.74) is 1.14. The van der Waals surface area contributed by atoms with Crippen molar-refractivity contribution in [3.05, 3.63) is 54.0 Å². The molecule has 7 nitrogen and oxygen atoms in total. The minimum absolute atomic E-state index is 0. The Bertz CT molecular complexity index is 837. The maximum Gasteiger partial charge on any atom is 0.193 e. The summed E-state index contributed by atoms with van der Waals surface area (Å²) in [6.07, 6.45) is 2.06. The zero-order chi connectivity index (χ0) is 21.3. The number of likely N-dealkylation sites (N-methyl/N-ethyl adjacent to an activating group) is 1. The van der Waals surface area contributed by atoms with Gasteiger partial charge in [-0.05, 0) is 48.9 Å². The number of morpholine rings is 1. The predicted molar refractivity (Wildman–Crippen MR) is 132 cm³/mol. The Kier molecular flexibility index (Phi) is 10.3. The van der Waals surface area contributed by atoms with Crippen molar-refractivity contribution < 1.29 is 13.9 Å². The molecule has 1 aromatic heterocycles. The summed E-state index contributed by atoms with van der Waals surface area (Å²) in [7, 11) is 3.71. The number of ether oxygens (including phenoxy) is 2. The molecule has 3 rings (SSSR count). The standard InChI is InChI=1S/C22H30FN5O2.HI/c1-17-16-28(11-13-29-17)21-14-18(8-9-25-21)15-26-22(24-2)27(3)10-12-30-20-6-4-19(23)5-7-20;/h4-9,14,17H,10-13,15-16H2,1-3H3,(H,24,26);1H. The molecule has 0 amide bonds. The van der Waals surface area contributed by atoms with Crippen molar-refractivity contribution in [1.82, 2.24) is 15.2 Å². The number of anilines is 1. The van der Waals surface area contributed by atoms with Crippen molar-refractivity contribution in [2.75, 3.05) is 51.8 Å². The number of pyridine rings is 1. The molecular weight excluding hydrogens is 512 g/mol. The minimum Gasteiger partial charge on any atom is -0.492 e. The third-order valence-corrected chi connectivity index (χ3v) is 4.91. The molecule has 1 N–H and O–H groups in total. The number of hydrogen-bond donors (Lipinski definition) is 1. The topological polar surface area (TPSA) is 62.2 Å². The number of halogens is 2. The van der Waals surface area contributed by atoms with Crippen molar-refractivity contribution in [3.8, 4) is 5.75 Å². The Morgan fingerprint density at radius 2 is 2.13 bits per heavy atom. The fourth-order valence-corrected chi connectivity index (χ4v) is 3.27. The molecule has 1 aromatic carbocycles. The highest BCUT2D eigenvalue weighted by Crippen LogP contribution is 2.16. The molecule has 0 aliphatic carbocycles. The van der Waals surface area contributed by atoms with Gasteiger partial charge in [0.15, 0.2) is 5.96 Å². The zero-order valence-corrected chi connectivity index (χ0v) is 20.6. The van der Waals surface area contributed by atoms with Crippen LogP contribution in [-0.4, -0.2) is 68.9 Å². The van der Waals surface area contributed by atoms with E-state index >= 15 is 0 Å². The summed E-state index contributed by atoms with van der Waals surface area (Å²) >= 11 is 0. The van der Waals surface area contributed by atoms with Crippen molar-refractivity contribution in [1.29, 1.82) is 0 Å². The Morgan fingerprint density at radius 1 is 1.35 bits per heavy atom. The van der Waals surface area contributed by atoms with Crippen LogP contribution in [0.3, 0.4) is 0 Å². The average molecular weight is 543 g/mol. The molecule has 1 saturated heterocycles. The quantitative estimate of drug-likeness (QED) is 0.329. The van der Waals surface area contributed by atoms with E-state index in [2.05, 4.69) is 33.2 Å². The third kappa shape index (κ3) is 7.80. The number of nitrogens with zero attached hydrogens (tertiary/aromatic N) is 4. The van der Waals surface area contributed by atoms with E-state index in [0.29, 0.717) is 25.4 Å². The second kappa shape index (κ2) is 12.7. The lowest BCUT2D eigenvalue weighted by Gasteiger charge is -2.32. The highest BCUT2D eigenvalue weighted by molar-refractivity contribution is 14.0. The molecule has 0 saturated carbocycles. The average Bonchev–Trinajstić information content (AvgIpc) is 2.76. The largest absolute Gasteiger partial charge is 0.492 e. The van der Waals surface area contributed by atoms with Crippen LogP contribution >= 0.6 is 24.0 Å². The van der Waals surface area contributed by atoms with E-state index in [1.165, 1.54) is 12.1 Å². The number of hydrogen-bond acceptors (Lipinski definition) is 5. The van der Waals surface area contributed by atoms with Crippen molar-refractivity contribution in [3.63, 3.8) is 0 Å². The smallest absolute Gasteiger partial charge is 0.193 e. The molecule has 1 fully saturated rings. The van der Waals surface area contributed by atoms with Gasteiger partial charge in [0.1, 0.15) is 24.0 Å². The zero-order valence-electron chi connectivity index (χ0n) is 18.3. The number of nitrogens with one attached hydrogen (secondary N) is 1. The first kappa shape index (κ1) is 25.1. The molecule has 170 valence electrons. The number of guanidine groups is 1. The molecule has 0 spiro atoms. The molecule has 9 heteroatoms. The monoisotopic (exact) mass is 543 g/mol. The molecule has 0 radical (unpaired) electrons. The van der Waals surface area contributed by atoms with Crippen LogP contribution in [0.2, 0.25) is 0 Å². The van der Waals surface area contributed by atoms with Crippen molar-refractivity contribution in [2.24, 2.45) is 4.99 Å². The van der Waals surface area contributed by atoms with E-state index < -0.39 is 0 Å². The number of aliphatic imine (C=N–C) groups is 1. The van der Waals surface area contributed by atoms with Crippen molar-refractivity contribution in [2.45, 2.75) is 19.6 Å². The summed E-state index contributed by atoms with van der Waals surface area (Å²) in [6.45, 7) is 6.27. The molecule has 1 atom stereocenters. The van der Waals surface area contributed by atoms with E-state index in [-0.39, 0.29) is 35.9 Å². The molecule has 2 aromatic rings. The number of rotatable bonds is 7. The molecule has 1 aliphatic rings. The van der Waals surface area contributed by atoms with Gasteiger partial charge in [-0.25, -0.2) is 9.37 Å². The van der Waals surface area contributed by atoms with Crippen LogP contribution in [0.1, 0.15) is 12.5 Å².